The van der Waals surface area contributed by atoms with E-state index < -0.39 is 5.41 Å². The first-order chi connectivity index (χ1) is 28.2. The van der Waals surface area contributed by atoms with E-state index in [0.29, 0.717) is 0 Å². The summed E-state index contributed by atoms with van der Waals surface area (Å²) in [6.07, 6.45) is 0. The fraction of sp³-hybridized carbons (Fsp3) is 0.0357. The van der Waals surface area contributed by atoms with Crippen molar-refractivity contribution in [1.82, 2.24) is 0 Å². The molecular formula is C56H37N. The van der Waals surface area contributed by atoms with Crippen LogP contribution in [0.4, 0.5) is 17.1 Å². The fourth-order valence-electron chi connectivity index (χ4n) is 10.4. The second-order valence-corrected chi connectivity index (χ2v) is 15.7. The summed E-state index contributed by atoms with van der Waals surface area (Å²) in [5.41, 5.74) is 17.3. The molecule has 10 aromatic rings. The van der Waals surface area contributed by atoms with Crippen LogP contribution in [0, 0.1) is 6.92 Å². The van der Waals surface area contributed by atoms with Crippen LogP contribution in [-0.4, -0.2) is 0 Å². The first-order valence-corrected chi connectivity index (χ1v) is 19.9. The van der Waals surface area contributed by atoms with E-state index in [2.05, 4.69) is 218 Å². The number of hydrogen-bond donors (Lipinski definition) is 0. The van der Waals surface area contributed by atoms with Gasteiger partial charge in [-0.2, -0.15) is 0 Å². The summed E-state index contributed by atoms with van der Waals surface area (Å²) in [7, 11) is 0. The molecule has 12 rings (SSSR count). The number of hydrogen-bond acceptors (Lipinski definition) is 1. The lowest BCUT2D eigenvalue weighted by Crippen LogP contribution is -2.26. The maximum Gasteiger partial charge on any atom is 0.0726 e. The average molecular weight is 724 g/mol. The molecular weight excluding hydrogens is 687 g/mol. The third-order valence-corrected chi connectivity index (χ3v) is 12.7. The van der Waals surface area contributed by atoms with E-state index in [0.717, 1.165) is 11.4 Å². The number of nitrogens with zero attached hydrogens (tertiary/aromatic N) is 1. The molecule has 266 valence electrons. The van der Waals surface area contributed by atoms with Gasteiger partial charge >= 0.3 is 0 Å². The summed E-state index contributed by atoms with van der Waals surface area (Å²) in [6, 6.07) is 76.9. The van der Waals surface area contributed by atoms with Crippen molar-refractivity contribution in [2.45, 2.75) is 12.3 Å². The third kappa shape index (κ3) is 4.46. The minimum atomic E-state index is -0.429. The van der Waals surface area contributed by atoms with Crippen molar-refractivity contribution < 1.29 is 0 Å². The van der Waals surface area contributed by atoms with Gasteiger partial charge in [0.25, 0.3) is 0 Å². The summed E-state index contributed by atoms with van der Waals surface area (Å²) >= 11 is 0. The van der Waals surface area contributed by atoms with Crippen molar-refractivity contribution in [3.63, 3.8) is 0 Å². The topological polar surface area (TPSA) is 3.24 Å². The molecule has 10 aromatic carbocycles. The smallest absolute Gasteiger partial charge is 0.0726 e. The van der Waals surface area contributed by atoms with Gasteiger partial charge in [0.1, 0.15) is 0 Å². The molecule has 0 saturated carbocycles. The SMILES string of the molecule is Cc1ccc2c(c1)C1(c3ccccc3-c3ccccc31)c1cccc(N(c3ccc(-c4ccccc4)cc3)c3ccc4c5ccccc5c5ccccc5c4c3)c1-2. The van der Waals surface area contributed by atoms with Crippen LogP contribution < -0.4 is 4.90 Å². The summed E-state index contributed by atoms with van der Waals surface area (Å²) in [4.78, 5) is 2.51. The van der Waals surface area contributed by atoms with E-state index >= 15 is 0 Å². The maximum absolute atomic E-state index is 2.51. The molecule has 0 N–H and O–H groups in total. The lowest BCUT2D eigenvalue weighted by molar-refractivity contribution is 0.792. The van der Waals surface area contributed by atoms with E-state index in [1.807, 2.05) is 0 Å². The van der Waals surface area contributed by atoms with Crippen LogP contribution in [0.1, 0.15) is 27.8 Å². The molecule has 57 heavy (non-hydrogen) atoms. The minimum Gasteiger partial charge on any atom is -0.310 e. The van der Waals surface area contributed by atoms with E-state index in [9.17, 15) is 0 Å². The molecule has 0 aliphatic heterocycles. The predicted molar refractivity (Wildman–Crippen MR) is 240 cm³/mol. The van der Waals surface area contributed by atoms with Crippen molar-refractivity contribution in [1.29, 1.82) is 0 Å². The Kier molecular flexibility index (Phi) is 6.83. The highest BCUT2D eigenvalue weighted by Crippen LogP contribution is 2.64. The summed E-state index contributed by atoms with van der Waals surface area (Å²) in [6.45, 7) is 2.23. The highest BCUT2D eigenvalue weighted by Gasteiger charge is 2.52. The van der Waals surface area contributed by atoms with E-state index in [1.165, 1.54) is 99.2 Å². The van der Waals surface area contributed by atoms with Crippen molar-refractivity contribution in [2.75, 3.05) is 4.90 Å². The number of benzene rings is 10. The standard InChI is InChI=1S/C56H37N/c1-36-26-32-48-53(34-36)56(50-22-11-9-20-46(50)47-21-10-12-23-51(47)56)52-24-13-25-54(55(48)52)57(39-29-27-38(28-30-39)37-14-3-2-4-15-37)40-31-33-45-43-18-6-5-16-41(43)42-17-7-8-19-44(42)49(45)35-40/h2-35H,1H3. The number of fused-ring (bicyclic) bond motifs is 16. The summed E-state index contributed by atoms with van der Waals surface area (Å²) in [5, 5.41) is 7.64. The van der Waals surface area contributed by atoms with Gasteiger partial charge in [0.05, 0.1) is 11.1 Å². The molecule has 0 heterocycles. The fourth-order valence-corrected chi connectivity index (χ4v) is 10.4. The van der Waals surface area contributed by atoms with Gasteiger partial charge < -0.3 is 4.90 Å². The van der Waals surface area contributed by atoms with Gasteiger partial charge in [-0.25, -0.2) is 0 Å². The second-order valence-electron chi connectivity index (χ2n) is 15.7. The monoisotopic (exact) mass is 723 g/mol. The van der Waals surface area contributed by atoms with Crippen LogP contribution in [0.3, 0.4) is 0 Å². The molecule has 0 aromatic heterocycles. The zero-order valence-corrected chi connectivity index (χ0v) is 31.6. The Labute approximate surface area is 332 Å². The molecule has 2 aliphatic carbocycles. The van der Waals surface area contributed by atoms with E-state index in [4.69, 9.17) is 0 Å². The van der Waals surface area contributed by atoms with Gasteiger partial charge in [0.2, 0.25) is 0 Å². The van der Waals surface area contributed by atoms with Crippen LogP contribution in [0.25, 0.3) is 65.7 Å². The van der Waals surface area contributed by atoms with Crippen LogP contribution in [0.5, 0.6) is 0 Å². The van der Waals surface area contributed by atoms with Crippen molar-refractivity contribution in [3.8, 4) is 33.4 Å². The number of rotatable bonds is 4. The first kappa shape index (κ1) is 32.1. The van der Waals surface area contributed by atoms with Crippen LogP contribution >= 0.6 is 0 Å². The summed E-state index contributed by atoms with van der Waals surface area (Å²) in [5.74, 6) is 0. The van der Waals surface area contributed by atoms with Crippen molar-refractivity contribution in [2.24, 2.45) is 0 Å². The highest BCUT2D eigenvalue weighted by molar-refractivity contribution is 6.26. The molecule has 0 unspecified atom stereocenters. The Balaban J connectivity index is 1.17. The van der Waals surface area contributed by atoms with Crippen LogP contribution in [0.15, 0.2) is 206 Å². The molecule has 1 heteroatoms. The second kappa shape index (κ2) is 12.1. The zero-order valence-electron chi connectivity index (χ0n) is 31.6. The highest BCUT2D eigenvalue weighted by atomic mass is 15.1. The van der Waals surface area contributed by atoms with Crippen LogP contribution in [0.2, 0.25) is 0 Å². The molecule has 0 amide bonds. The van der Waals surface area contributed by atoms with Gasteiger partial charge in [-0.3, -0.25) is 0 Å². The largest absolute Gasteiger partial charge is 0.310 e. The Morgan fingerprint density at radius 2 is 0.860 bits per heavy atom. The maximum atomic E-state index is 2.51. The molecule has 1 nitrogen and oxygen atoms in total. The Morgan fingerprint density at radius 3 is 1.53 bits per heavy atom. The molecule has 1 spiro atoms. The Hall–Kier alpha value is -7.22. The molecule has 0 bridgehead atoms. The normalized spacial score (nSPS) is 13.1. The van der Waals surface area contributed by atoms with Gasteiger partial charge in [-0.05, 0) is 120 Å². The predicted octanol–water partition coefficient (Wildman–Crippen LogP) is 14.9. The van der Waals surface area contributed by atoms with Crippen molar-refractivity contribution in [3.05, 3.63) is 234 Å². The molecule has 2 aliphatic rings. The molecule has 0 fully saturated rings. The third-order valence-electron chi connectivity index (χ3n) is 12.7. The Bertz CT molecular complexity index is 3160. The van der Waals surface area contributed by atoms with Gasteiger partial charge in [-0.1, -0.05) is 181 Å². The molecule has 0 radical (unpaired) electrons. The van der Waals surface area contributed by atoms with Gasteiger partial charge in [-0.15, -0.1) is 0 Å². The lowest BCUT2D eigenvalue weighted by Gasteiger charge is -2.32. The van der Waals surface area contributed by atoms with E-state index in [-0.39, 0.29) is 0 Å². The average Bonchev–Trinajstić information content (AvgIpc) is 3.74. The summed E-state index contributed by atoms with van der Waals surface area (Å²) < 4.78 is 0. The number of anilines is 3. The molecule has 0 saturated heterocycles. The Morgan fingerprint density at radius 1 is 0.333 bits per heavy atom. The van der Waals surface area contributed by atoms with Gasteiger partial charge in [0.15, 0.2) is 0 Å². The lowest BCUT2D eigenvalue weighted by atomic mass is 9.70. The zero-order chi connectivity index (χ0) is 37.7. The minimum absolute atomic E-state index is 0.429. The van der Waals surface area contributed by atoms with Crippen LogP contribution in [-0.2, 0) is 5.41 Å². The molecule has 0 atom stereocenters. The quantitative estimate of drug-likeness (QED) is 0.163. The van der Waals surface area contributed by atoms with Gasteiger partial charge in [0, 0.05) is 16.9 Å². The number of aryl methyl sites for hydroxylation is 1. The first-order valence-electron chi connectivity index (χ1n) is 19.9. The van der Waals surface area contributed by atoms with Crippen molar-refractivity contribution >= 4 is 49.4 Å². The van der Waals surface area contributed by atoms with E-state index in [1.54, 1.807) is 0 Å².